The molecule has 0 aliphatic rings. The van der Waals surface area contributed by atoms with Crippen LogP contribution in [0.1, 0.15) is 32.1 Å². The number of hydrogen-bond acceptors (Lipinski definition) is 6. The van der Waals surface area contributed by atoms with Crippen molar-refractivity contribution in [2.75, 3.05) is 23.8 Å². The van der Waals surface area contributed by atoms with Gasteiger partial charge in [-0.1, -0.05) is 17.3 Å². The van der Waals surface area contributed by atoms with Crippen molar-refractivity contribution in [3.63, 3.8) is 0 Å². The van der Waals surface area contributed by atoms with Gasteiger partial charge in [0.2, 0.25) is 5.91 Å². The highest BCUT2D eigenvalue weighted by molar-refractivity contribution is 5.95. The number of benzene rings is 1. The van der Waals surface area contributed by atoms with Gasteiger partial charge in [-0.15, -0.1) is 0 Å². The normalized spacial score (nSPS) is 12.2. The quantitative estimate of drug-likeness (QED) is 0.631. The summed E-state index contributed by atoms with van der Waals surface area (Å²) in [6.07, 6.45) is 0.208. The second kappa shape index (κ2) is 9.94. The third-order valence-corrected chi connectivity index (χ3v) is 3.53. The lowest BCUT2D eigenvalue weighted by Gasteiger charge is -2.15. The number of nitrogens with one attached hydrogen (secondary N) is 2. The summed E-state index contributed by atoms with van der Waals surface area (Å²) < 4.78 is 16.0. The van der Waals surface area contributed by atoms with Crippen LogP contribution >= 0.6 is 0 Å². The molecule has 1 unspecified atom stereocenters. The molecule has 1 amide bonds. The third-order valence-electron chi connectivity index (χ3n) is 3.53. The van der Waals surface area contributed by atoms with Crippen molar-refractivity contribution in [3.8, 4) is 0 Å². The molecule has 0 fully saturated rings. The smallest absolute Gasteiger partial charge is 0.247 e. The maximum absolute atomic E-state index is 12.2. The Balaban J connectivity index is 1.80. The number of anilines is 2. The van der Waals surface area contributed by atoms with E-state index < -0.39 is 6.04 Å². The van der Waals surface area contributed by atoms with Crippen LogP contribution in [0.15, 0.2) is 34.9 Å². The van der Waals surface area contributed by atoms with Crippen LogP contribution in [0.3, 0.4) is 0 Å². The molecule has 7 heteroatoms. The largest absolute Gasteiger partial charge is 0.376 e. The van der Waals surface area contributed by atoms with Gasteiger partial charge in [-0.2, -0.15) is 0 Å². The zero-order valence-electron chi connectivity index (χ0n) is 15.7. The molecule has 0 radical (unpaired) electrons. The first kappa shape index (κ1) is 19.9. The molecular formula is C19H27N3O4. The minimum absolute atomic E-state index is 0.189. The highest BCUT2D eigenvalue weighted by Crippen LogP contribution is 2.14. The van der Waals surface area contributed by atoms with E-state index in [1.165, 1.54) is 0 Å². The van der Waals surface area contributed by atoms with Crippen LogP contribution < -0.4 is 10.6 Å². The number of carbonyl (C=O) groups is 1. The highest BCUT2D eigenvalue weighted by atomic mass is 16.5. The molecule has 26 heavy (non-hydrogen) atoms. The van der Waals surface area contributed by atoms with Gasteiger partial charge < -0.3 is 24.6 Å². The van der Waals surface area contributed by atoms with Crippen molar-refractivity contribution in [3.05, 3.63) is 41.7 Å². The number of ether oxygens (including phenoxy) is 2. The number of nitrogens with zero attached hydrogens (tertiary/aromatic N) is 1. The lowest BCUT2D eigenvalue weighted by Crippen LogP contribution is -2.32. The van der Waals surface area contributed by atoms with Gasteiger partial charge in [0.25, 0.3) is 0 Å². The summed E-state index contributed by atoms with van der Waals surface area (Å²) in [4.78, 5) is 12.2. The Labute approximate surface area is 154 Å². The fraction of sp³-hybridized carbons (Fsp3) is 0.474. The summed E-state index contributed by atoms with van der Waals surface area (Å²) >= 11 is 0. The van der Waals surface area contributed by atoms with Gasteiger partial charge in [-0.05, 0) is 45.4 Å². The lowest BCUT2D eigenvalue weighted by molar-refractivity contribution is -0.116. The minimum atomic E-state index is -0.428. The van der Waals surface area contributed by atoms with Crippen molar-refractivity contribution in [2.24, 2.45) is 0 Å². The van der Waals surface area contributed by atoms with Crippen molar-refractivity contribution in [1.29, 1.82) is 0 Å². The zero-order valence-corrected chi connectivity index (χ0v) is 15.7. The summed E-state index contributed by atoms with van der Waals surface area (Å²) in [5.41, 5.74) is 1.88. The van der Waals surface area contributed by atoms with E-state index in [1.54, 1.807) is 19.9 Å². The Morgan fingerprint density at radius 1 is 1.23 bits per heavy atom. The standard InChI is InChI=1S/C19H27N3O4/c1-13(2)25-9-8-24-12-16-6-5-7-17(11-16)20-15(4)19(23)21-18-10-14(3)26-22-18/h5-7,10-11,13,15,20H,8-9,12H2,1-4H3,(H,21,22,23). The number of aryl methyl sites for hydroxylation is 1. The van der Waals surface area contributed by atoms with E-state index in [9.17, 15) is 4.79 Å². The first-order valence-corrected chi connectivity index (χ1v) is 8.73. The first-order chi connectivity index (χ1) is 12.4. The average molecular weight is 361 g/mol. The van der Waals surface area contributed by atoms with E-state index in [-0.39, 0.29) is 12.0 Å². The van der Waals surface area contributed by atoms with Crippen LogP contribution in [-0.2, 0) is 20.9 Å². The predicted molar refractivity (Wildman–Crippen MR) is 100 cm³/mol. The van der Waals surface area contributed by atoms with Crippen LogP contribution in [0.4, 0.5) is 11.5 Å². The molecule has 2 N–H and O–H groups in total. The van der Waals surface area contributed by atoms with Crippen LogP contribution in [0.5, 0.6) is 0 Å². The van der Waals surface area contributed by atoms with Crippen LogP contribution in [0.2, 0.25) is 0 Å². The zero-order chi connectivity index (χ0) is 18.9. The van der Waals surface area contributed by atoms with Crippen LogP contribution in [-0.4, -0.2) is 36.4 Å². The van der Waals surface area contributed by atoms with Gasteiger partial charge in [-0.3, -0.25) is 4.79 Å². The molecule has 0 bridgehead atoms. The molecular weight excluding hydrogens is 334 g/mol. The number of carbonyl (C=O) groups excluding carboxylic acids is 1. The number of hydrogen-bond donors (Lipinski definition) is 2. The highest BCUT2D eigenvalue weighted by Gasteiger charge is 2.14. The van der Waals surface area contributed by atoms with Crippen molar-refractivity contribution in [1.82, 2.24) is 5.16 Å². The summed E-state index contributed by atoms with van der Waals surface area (Å²) in [5, 5.41) is 9.64. The molecule has 0 saturated heterocycles. The maximum Gasteiger partial charge on any atom is 0.247 e. The van der Waals surface area contributed by atoms with E-state index in [2.05, 4.69) is 15.8 Å². The fourth-order valence-corrected chi connectivity index (χ4v) is 2.26. The Kier molecular flexibility index (Phi) is 7.62. The first-order valence-electron chi connectivity index (χ1n) is 8.73. The Morgan fingerprint density at radius 3 is 2.73 bits per heavy atom. The van der Waals surface area contributed by atoms with Crippen LogP contribution in [0.25, 0.3) is 0 Å². The van der Waals surface area contributed by atoms with Gasteiger partial charge in [0.05, 0.1) is 25.9 Å². The maximum atomic E-state index is 12.2. The summed E-state index contributed by atoms with van der Waals surface area (Å²) in [5.74, 6) is 0.866. The summed E-state index contributed by atoms with van der Waals surface area (Å²) in [7, 11) is 0. The predicted octanol–water partition coefficient (Wildman–Crippen LogP) is 3.36. The number of aromatic nitrogens is 1. The second-order valence-electron chi connectivity index (χ2n) is 6.35. The summed E-state index contributed by atoms with van der Waals surface area (Å²) in [6, 6.07) is 9.03. The SMILES string of the molecule is Cc1cc(NC(=O)C(C)Nc2cccc(COCCOC(C)C)c2)no1. The molecule has 1 atom stereocenters. The summed E-state index contributed by atoms with van der Waals surface area (Å²) in [6.45, 7) is 9.17. The molecule has 1 aromatic heterocycles. The van der Waals surface area contributed by atoms with Gasteiger partial charge >= 0.3 is 0 Å². The van der Waals surface area contributed by atoms with Gasteiger partial charge in [0, 0.05) is 11.8 Å². The molecule has 2 rings (SSSR count). The third kappa shape index (κ3) is 6.85. The van der Waals surface area contributed by atoms with E-state index in [4.69, 9.17) is 14.0 Å². The molecule has 142 valence electrons. The molecule has 7 nitrogen and oxygen atoms in total. The van der Waals surface area contributed by atoms with Crippen molar-refractivity contribution >= 4 is 17.4 Å². The second-order valence-corrected chi connectivity index (χ2v) is 6.35. The minimum Gasteiger partial charge on any atom is -0.376 e. The molecule has 0 saturated carbocycles. The Morgan fingerprint density at radius 2 is 2.04 bits per heavy atom. The van der Waals surface area contributed by atoms with Crippen molar-refractivity contribution < 1.29 is 18.8 Å². The Bertz CT molecular complexity index is 700. The van der Waals surface area contributed by atoms with Gasteiger partial charge in [-0.25, -0.2) is 0 Å². The van der Waals surface area contributed by atoms with E-state index in [1.807, 2.05) is 38.1 Å². The molecule has 2 aromatic rings. The molecule has 0 spiro atoms. The molecule has 0 aliphatic carbocycles. The molecule has 1 aromatic carbocycles. The topological polar surface area (TPSA) is 85.6 Å². The van der Waals surface area contributed by atoms with Crippen molar-refractivity contribution in [2.45, 2.75) is 46.4 Å². The van der Waals surface area contributed by atoms with E-state index in [0.29, 0.717) is 31.4 Å². The van der Waals surface area contributed by atoms with Crippen LogP contribution in [0, 0.1) is 6.92 Å². The number of amides is 1. The monoisotopic (exact) mass is 361 g/mol. The fourth-order valence-electron chi connectivity index (χ4n) is 2.26. The average Bonchev–Trinajstić information content (AvgIpc) is 2.99. The lowest BCUT2D eigenvalue weighted by atomic mass is 10.2. The Hall–Kier alpha value is -2.38. The molecule has 1 heterocycles. The number of rotatable bonds is 10. The van der Waals surface area contributed by atoms with E-state index >= 15 is 0 Å². The van der Waals surface area contributed by atoms with Gasteiger partial charge in [0.15, 0.2) is 5.82 Å². The molecule has 0 aliphatic heterocycles. The van der Waals surface area contributed by atoms with Gasteiger partial charge in [0.1, 0.15) is 11.8 Å². The van der Waals surface area contributed by atoms with E-state index in [0.717, 1.165) is 11.3 Å².